The Labute approximate surface area is 207 Å². The van der Waals surface area contributed by atoms with Gasteiger partial charge in [0.2, 0.25) is 0 Å². The molecule has 3 aromatic rings. The molecule has 2 aliphatic rings. The number of nitro groups is 1. The summed E-state index contributed by atoms with van der Waals surface area (Å²) in [6, 6.07) is 16.4. The number of allylic oxidation sites excluding steroid dienone is 2. The molecule has 3 atom stereocenters. The van der Waals surface area contributed by atoms with Gasteiger partial charge in [0.25, 0.3) is 10.0 Å². The monoisotopic (exact) mass is 511 g/mol. The van der Waals surface area contributed by atoms with Crippen molar-refractivity contribution in [1.82, 2.24) is 0 Å². The highest BCUT2D eigenvalue weighted by Crippen LogP contribution is 2.51. The summed E-state index contributed by atoms with van der Waals surface area (Å²) >= 11 is 6.13. The summed E-state index contributed by atoms with van der Waals surface area (Å²) in [7, 11) is -2.46. The number of benzene rings is 3. The van der Waals surface area contributed by atoms with Crippen molar-refractivity contribution < 1.29 is 18.1 Å². The number of sulfonamides is 1. The largest absolute Gasteiger partial charge is 0.490 e. The molecule has 0 radical (unpaired) electrons. The lowest BCUT2D eigenvalue weighted by molar-refractivity contribution is -0.385. The molecule has 1 heterocycles. The molecule has 8 nitrogen and oxygen atoms in total. The second-order valence-corrected chi connectivity index (χ2v) is 10.6. The Morgan fingerprint density at radius 1 is 1.14 bits per heavy atom. The van der Waals surface area contributed by atoms with E-state index in [2.05, 4.69) is 22.2 Å². The van der Waals surface area contributed by atoms with E-state index in [4.69, 9.17) is 16.3 Å². The highest BCUT2D eigenvalue weighted by Gasteiger charge is 2.39. The lowest BCUT2D eigenvalue weighted by Gasteiger charge is -2.37. The average molecular weight is 512 g/mol. The molecule has 0 aromatic heterocycles. The third-order valence-corrected chi connectivity index (χ3v) is 8.21. The van der Waals surface area contributed by atoms with E-state index < -0.39 is 14.9 Å². The Kier molecular flexibility index (Phi) is 5.90. The average Bonchev–Trinajstić information content (AvgIpc) is 3.34. The number of halogens is 1. The van der Waals surface area contributed by atoms with Crippen LogP contribution in [-0.4, -0.2) is 20.5 Å². The van der Waals surface area contributed by atoms with Crippen molar-refractivity contribution in [3.63, 3.8) is 0 Å². The highest BCUT2D eigenvalue weighted by atomic mass is 35.5. The molecule has 1 aliphatic carbocycles. The van der Waals surface area contributed by atoms with Gasteiger partial charge in [-0.2, -0.15) is 0 Å². The Morgan fingerprint density at radius 3 is 2.69 bits per heavy atom. The minimum absolute atomic E-state index is 0.0344. The van der Waals surface area contributed by atoms with E-state index in [0.717, 1.165) is 23.2 Å². The van der Waals surface area contributed by atoms with Crippen LogP contribution in [0.1, 0.15) is 29.5 Å². The third kappa shape index (κ3) is 4.21. The second kappa shape index (κ2) is 8.90. The van der Waals surface area contributed by atoms with Gasteiger partial charge in [-0.05, 0) is 59.9 Å². The lowest BCUT2D eigenvalue weighted by atomic mass is 9.77. The van der Waals surface area contributed by atoms with Crippen molar-refractivity contribution in [2.45, 2.75) is 23.3 Å². The Morgan fingerprint density at radius 2 is 1.94 bits per heavy atom. The number of ether oxygens (including phenoxy) is 1. The quantitative estimate of drug-likeness (QED) is 0.243. The molecule has 180 valence electrons. The number of anilines is 2. The van der Waals surface area contributed by atoms with Gasteiger partial charge in [0.15, 0.2) is 5.75 Å². The highest BCUT2D eigenvalue weighted by molar-refractivity contribution is 7.92. The van der Waals surface area contributed by atoms with Crippen molar-refractivity contribution in [1.29, 1.82) is 0 Å². The number of rotatable bonds is 6. The number of para-hydroxylation sites is 1. The molecule has 3 aromatic carbocycles. The number of methoxy groups -OCH3 is 1. The molecule has 35 heavy (non-hydrogen) atoms. The van der Waals surface area contributed by atoms with Gasteiger partial charge in [-0.3, -0.25) is 14.8 Å². The zero-order valence-corrected chi connectivity index (χ0v) is 20.2. The van der Waals surface area contributed by atoms with Gasteiger partial charge in [0.1, 0.15) is 0 Å². The van der Waals surface area contributed by atoms with Gasteiger partial charge in [0, 0.05) is 17.7 Å². The molecule has 10 heteroatoms. The van der Waals surface area contributed by atoms with E-state index in [9.17, 15) is 18.5 Å². The smallest absolute Gasteiger partial charge is 0.311 e. The summed E-state index contributed by atoms with van der Waals surface area (Å²) in [5.74, 6) is 0.245. The SMILES string of the molecule is COc1ccc([C@H]2Nc3ccc(S(=O)(=O)Nc4ccccc4Cl)cc3[C@H]3C=CC[C@H]32)cc1[N+](=O)[O-]. The van der Waals surface area contributed by atoms with Crippen LogP contribution in [0, 0.1) is 16.0 Å². The zero-order chi connectivity index (χ0) is 24.7. The summed E-state index contributed by atoms with van der Waals surface area (Å²) in [6.07, 6.45) is 4.91. The maximum Gasteiger partial charge on any atom is 0.311 e. The lowest BCUT2D eigenvalue weighted by Crippen LogP contribution is -2.29. The number of nitrogens with one attached hydrogen (secondary N) is 2. The number of nitro benzene ring substituents is 1. The molecule has 5 rings (SSSR count). The van der Waals surface area contributed by atoms with Gasteiger partial charge < -0.3 is 10.1 Å². The van der Waals surface area contributed by atoms with Crippen LogP contribution in [-0.2, 0) is 10.0 Å². The Balaban J connectivity index is 1.50. The summed E-state index contributed by atoms with van der Waals surface area (Å²) < 4.78 is 33.9. The van der Waals surface area contributed by atoms with Crippen molar-refractivity contribution in [3.8, 4) is 5.75 Å². The van der Waals surface area contributed by atoms with E-state index in [1.807, 2.05) is 6.07 Å². The van der Waals surface area contributed by atoms with Crippen LogP contribution < -0.4 is 14.8 Å². The summed E-state index contributed by atoms with van der Waals surface area (Å²) in [6.45, 7) is 0. The molecule has 2 N–H and O–H groups in total. The van der Waals surface area contributed by atoms with Crippen LogP contribution >= 0.6 is 11.6 Å². The third-order valence-electron chi connectivity index (χ3n) is 6.52. The molecule has 0 amide bonds. The summed E-state index contributed by atoms with van der Waals surface area (Å²) in [4.78, 5) is 11.2. The predicted octanol–water partition coefficient (Wildman–Crippen LogP) is 5.88. The van der Waals surface area contributed by atoms with Crippen LogP contribution in [0.15, 0.2) is 77.7 Å². The molecular formula is C25H22ClN3O5S. The molecule has 1 aliphatic heterocycles. The van der Waals surface area contributed by atoms with Crippen LogP contribution in [0.4, 0.5) is 17.1 Å². The first-order chi connectivity index (χ1) is 16.8. The zero-order valence-electron chi connectivity index (χ0n) is 18.6. The minimum atomic E-state index is -3.86. The van der Waals surface area contributed by atoms with E-state index in [1.54, 1.807) is 48.5 Å². The van der Waals surface area contributed by atoms with Crippen LogP contribution in [0.5, 0.6) is 5.75 Å². The van der Waals surface area contributed by atoms with E-state index in [1.165, 1.54) is 13.2 Å². The molecule has 0 saturated heterocycles. The molecule has 0 saturated carbocycles. The Hall–Kier alpha value is -3.56. The molecule has 0 bridgehead atoms. The minimum Gasteiger partial charge on any atom is -0.490 e. The van der Waals surface area contributed by atoms with Crippen LogP contribution in [0.2, 0.25) is 5.02 Å². The van der Waals surface area contributed by atoms with Gasteiger partial charge in [0.05, 0.1) is 33.7 Å². The van der Waals surface area contributed by atoms with Crippen molar-refractivity contribution in [3.05, 3.63) is 99.1 Å². The standard InChI is InChI=1S/C25H22ClN3O5S/c1-34-24-12-9-15(13-23(24)29(30)31)25-18-6-4-5-17(18)19-14-16(10-11-21(19)27-25)35(32,33)28-22-8-3-2-7-20(22)26/h2-5,7-14,17-18,25,27-28H,6H2,1H3/t17-,18+,25+/m0/s1. The second-order valence-electron chi connectivity index (χ2n) is 8.50. The van der Waals surface area contributed by atoms with Crippen LogP contribution in [0.25, 0.3) is 0 Å². The van der Waals surface area contributed by atoms with E-state index in [0.29, 0.717) is 10.7 Å². The fraction of sp³-hybridized carbons (Fsp3) is 0.200. The fourth-order valence-electron chi connectivity index (χ4n) is 4.86. The fourth-order valence-corrected chi connectivity index (χ4v) is 6.21. The van der Waals surface area contributed by atoms with Gasteiger partial charge in [-0.1, -0.05) is 42.0 Å². The number of hydrogen-bond acceptors (Lipinski definition) is 6. The van der Waals surface area contributed by atoms with E-state index in [-0.39, 0.29) is 34.2 Å². The summed E-state index contributed by atoms with van der Waals surface area (Å²) in [5.41, 5.74) is 2.65. The number of hydrogen-bond donors (Lipinski definition) is 2. The molecule has 0 unspecified atom stereocenters. The van der Waals surface area contributed by atoms with Gasteiger partial charge in [-0.25, -0.2) is 8.42 Å². The topological polar surface area (TPSA) is 111 Å². The number of fused-ring (bicyclic) bond motifs is 3. The molecular weight excluding hydrogens is 490 g/mol. The first kappa shape index (κ1) is 23.2. The van der Waals surface area contributed by atoms with Gasteiger partial charge in [-0.15, -0.1) is 0 Å². The van der Waals surface area contributed by atoms with Crippen molar-refractivity contribution >= 4 is 38.7 Å². The first-order valence-corrected chi connectivity index (χ1v) is 12.8. The van der Waals surface area contributed by atoms with Crippen molar-refractivity contribution in [2.75, 3.05) is 17.1 Å². The predicted molar refractivity (Wildman–Crippen MR) is 135 cm³/mol. The first-order valence-electron chi connectivity index (χ1n) is 11.0. The van der Waals surface area contributed by atoms with Crippen molar-refractivity contribution in [2.24, 2.45) is 5.92 Å². The Bertz CT molecular complexity index is 1460. The van der Waals surface area contributed by atoms with Gasteiger partial charge >= 0.3 is 5.69 Å². The molecule has 0 fully saturated rings. The number of nitrogens with zero attached hydrogens (tertiary/aromatic N) is 1. The molecule has 0 spiro atoms. The van der Waals surface area contributed by atoms with Crippen LogP contribution in [0.3, 0.4) is 0 Å². The van der Waals surface area contributed by atoms with E-state index >= 15 is 0 Å². The summed E-state index contributed by atoms with van der Waals surface area (Å²) in [5, 5.41) is 15.3. The maximum atomic E-state index is 13.1. The maximum absolute atomic E-state index is 13.1. The normalized spacial score (nSPS) is 20.5.